The number of hydrogen-bond donors (Lipinski definition) is 2. The molecule has 1 aliphatic heterocycles. The van der Waals surface area contributed by atoms with Crippen LogP contribution in [0, 0.1) is 0 Å². The predicted octanol–water partition coefficient (Wildman–Crippen LogP) is 3.25. The summed E-state index contributed by atoms with van der Waals surface area (Å²) in [4.78, 5) is 12.5. The average molecular weight is 537 g/mol. The Labute approximate surface area is 201 Å². The normalized spacial score (nSPS) is 14.6. The smallest absolute Gasteiger partial charge is 0.285 e. The van der Waals surface area contributed by atoms with Crippen molar-refractivity contribution in [3.05, 3.63) is 52.0 Å². The molecule has 1 amide bonds. The molecule has 176 valence electrons. The van der Waals surface area contributed by atoms with E-state index in [9.17, 15) is 18.3 Å². The summed E-state index contributed by atoms with van der Waals surface area (Å²) in [5.74, 6) is 0.260. The largest absolute Gasteiger partial charge is 0.507 e. The Morgan fingerprint density at radius 2 is 2.00 bits per heavy atom. The van der Waals surface area contributed by atoms with Crippen LogP contribution >= 0.6 is 15.9 Å². The summed E-state index contributed by atoms with van der Waals surface area (Å²) in [6.07, 6.45) is 1.42. The Kier molecular flexibility index (Phi) is 7.13. The van der Waals surface area contributed by atoms with E-state index in [0.717, 1.165) is 0 Å². The van der Waals surface area contributed by atoms with Crippen molar-refractivity contribution in [2.45, 2.75) is 37.6 Å². The first-order valence-corrected chi connectivity index (χ1v) is 12.3. The first-order chi connectivity index (χ1) is 15.4. The number of carbonyl (C=O) groups excluding carboxylic acids is 1. The minimum atomic E-state index is -3.88. The molecule has 0 aliphatic carbocycles. The zero-order valence-electron chi connectivity index (χ0n) is 18.7. The van der Waals surface area contributed by atoms with Gasteiger partial charge in [-0.05, 0) is 54.9 Å². The zero-order chi connectivity index (χ0) is 24.4. The van der Waals surface area contributed by atoms with Crippen molar-refractivity contribution >= 4 is 43.9 Å². The number of hydrogen-bond acceptors (Lipinski definition) is 7. The molecule has 0 bridgehead atoms. The maximum Gasteiger partial charge on any atom is 0.285 e. The third-order valence-electron chi connectivity index (χ3n) is 4.56. The topological polar surface area (TPSA) is 121 Å². The van der Waals surface area contributed by atoms with Crippen molar-refractivity contribution in [3.8, 4) is 11.5 Å². The summed E-state index contributed by atoms with van der Waals surface area (Å²) in [5, 5.41) is 18.9. The highest BCUT2D eigenvalue weighted by Gasteiger charge is 2.32. The van der Waals surface area contributed by atoms with Crippen LogP contribution in [0.1, 0.15) is 38.3 Å². The lowest BCUT2D eigenvalue weighted by molar-refractivity contribution is -0.122. The second-order valence-electron chi connectivity index (χ2n) is 8.35. The zero-order valence-corrected chi connectivity index (χ0v) is 21.1. The Morgan fingerprint density at radius 1 is 1.30 bits per heavy atom. The highest BCUT2D eigenvalue weighted by molar-refractivity contribution is 9.10. The van der Waals surface area contributed by atoms with Crippen LogP contribution in [0.25, 0.3) is 0 Å². The van der Waals surface area contributed by atoms with Gasteiger partial charge in [-0.3, -0.25) is 4.79 Å². The van der Waals surface area contributed by atoms with Gasteiger partial charge >= 0.3 is 0 Å². The molecule has 33 heavy (non-hydrogen) atoms. The van der Waals surface area contributed by atoms with Crippen LogP contribution in [-0.2, 0) is 14.8 Å². The van der Waals surface area contributed by atoms with Gasteiger partial charge in [0.25, 0.3) is 10.0 Å². The van der Waals surface area contributed by atoms with Gasteiger partial charge in [-0.15, -0.1) is 4.40 Å². The van der Waals surface area contributed by atoms with E-state index < -0.39 is 15.6 Å². The van der Waals surface area contributed by atoms with E-state index in [0.29, 0.717) is 21.3 Å². The number of rotatable bonds is 6. The minimum Gasteiger partial charge on any atom is -0.507 e. The number of methoxy groups -OCH3 is 1. The number of hydrazone groups is 1. The number of halogens is 1. The molecular formula is C22H25BrN4O5S. The van der Waals surface area contributed by atoms with Gasteiger partial charge in [0.1, 0.15) is 16.4 Å². The number of nitrogens with one attached hydrogen (secondary N) is 1. The van der Waals surface area contributed by atoms with Crippen LogP contribution in [0.3, 0.4) is 0 Å². The standard InChI is InChI=1S/C22H25BrN4O5S/c1-22(2,3)25-20(29)9-10-27(21-15-7-5-6-8-19(15)33(30,31)26-21)24-13-14-11-16(23)18(32-4)12-17(14)28/h5-8,11-13,28H,9-10H2,1-4H3,(H,25,29)/b24-13+. The molecule has 3 rings (SSSR count). The van der Waals surface area contributed by atoms with Crippen LogP contribution in [0.15, 0.2) is 55.3 Å². The van der Waals surface area contributed by atoms with Crippen molar-refractivity contribution in [1.82, 2.24) is 10.3 Å². The van der Waals surface area contributed by atoms with E-state index in [1.807, 2.05) is 20.8 Å². The highest BCUT2D eigenvalue weighted by Crippen LogP contribution is 2.32. The molecule has 2 aromatic carbocycles. The monoisotopic (exact) mass is 536 g/mol. The molecule has 0 fully saturated rings. The third-order valence-corrected chi connectivity index (χ3v) is 6.50. The molecular weight excluding hydrogens is 512 g/mol. The van der Waals surface area contributed by atoms with Gasteiger partial charge in [-0.2, -0.15) is 13.5 Å². The molecule has 2 N–H and O–H groups in total. The number of benzene rings is 2. The van der Waals surface area contributed by atoms with Crippen LogP contribution in [0.4, 0.5) is 0 Å². The molecule has 0 radical (unpaired) electrons. The number of nitrogens with zero attached hydrogens (tertiary/aromatic N) is 3. The first-order valence-electron chi connectivity index (χ1n) is 10.0. The SMILES string of the molecule is COc1cc(O)c(/C=N/N(CCC(=O)NC(C)(C)C)C2=NS(=O)(=O)c3ccccc32)cc1Br. The van der Waals surface area contributed by atoms with E-state index in [2.05, 4.69) is 30.7 Å². The molecule has 0 saturated heterocycles. The molecule has 0 saturated carbocycles. The molecule has 1 aliphatic rings. The predicted molar refractivity (Wildman–Crippen MR) is 129 cm³/mol. The van der Waals surface area contributed by atoms with Gasteiger partial charge in [-0.1, -0.05) is 12.1 Å². The van der Waals surface area contributed by atoms with E-state index in [1.54, 1.807) is 24.3 Å². The number of amides is 1. The number of phenols is 1. The quantitative estimate of drug-likeness (QED) is 0.431. The Bertz CT molecular complexity index is 1240. The molecule has 0 unspecified atom stereocenters. The van der Waals surface area contributed by atoms with E-state index in [-0.39, 0.29) is 35.4 Å². The van der Waals surface area contributed by atoms with Crippen LogP contribution in [-0.4, -0.2) is 55.7 Å². The second kappa shape index (κ2) is 9.52. The number of ether oxygens (including phenoxy) is 1. The molecule has 0 atom stereocenters. The van der Waals surface area contributed by atoms with Gasteiger partial charge in [0.05, 0.1) is 24.3 Å². The molecule has 1 heterocycles. The highest BCUT2D eigenvalue weighted by atomic mass is 79.9. The summed E-state index contributed by atoms with van der Waals surface area (Å²) in [7, 11) is -2.40. The fraction of sp³-hybridized carbons (Fsp3) is 0.318. The van der Waals surface area contributed by atoms with Crippen molar-refractivity contribution < 1.29 is 23.1 Å². The van der Waals surface area contributed by atoms with E-state index in [1.165, 1.54) is 30.5 Å². The van der Waals surface area contributed by atoms with Gasteiger partial charge in [0.2, 0.25) is 5.91 Å². The van der Waals surface area contributed by atoms with Crippen molar-refractivity contribution in [2.24, 2.45) is 9.50 Å². The van der Waals surface area contributed by atoms with Gasteiger partial charge in [-0.25, -0.2) is 5.01 Å². The fourth-order valence-electron chi connectivity index (χ4n) is 3.13. The minimum absolute atomic E-state index is 0.0497. The maximum atomic E-state index is 12.5. The van der Waals surface area contributed by atoms with Crippen molar-refractivity contribution in [1.29, 1.82) is 0 Å². The summed E-state index contributed by atoms with van der Waals surface area (Å²) in [6.45, 7) is 5.68. The third kappa shape index (κ3) is 5.91. The van der Waals surface area contributed by atoms with Gasteiger partial charge in [0, 0.05) is 29.2 Å². The Morgan fingerprint density at radius 3 is 2.67 bits per heavy atom. The lowest BCUT2D eigenvalue weighted by Crippen LogP contribution is -2.42. The summed E-state index contributed by atoms with van der Waals surface area (Å²) >= 11 is 3.36. The van der Waals surface area contributed by atoms with Crippen LogP contribution < -0.4 is 10.1 Å². The molecule has 0 spiro atoms. The fourth-order valence-corrected chi connectivity index (χ4v) is 4.86. The number of sulfonamides is 1. The Balaban J connectivity index is 1.96. The first kappa shape index (κ1) is 24.7. The maximum absolute atomic E-state index is 12.5. The summed E-state index contributed by atoms with van der Waals surface area (Å²) in [6, 6.07) is 9.48. The van der Waals surface area contributed by atoms with Crippen LogP contribution in [0.5, 0.6) is 11.5 Å². The summed E-state index contributed by atoms with van der Waals surface area (Å²) in [5.41, 5.74) is 0.347. The average Bonchev–Trinajstić information content (AvgIpc) is 3.00. The van der Waals surface area contributed by atoms with E-state index >= 15 is 0 Å². The molecule has 11 heteroatoms. The number of phenolic OH excluding ortho intramolecular Hbond substituents is 1. The van der Waals surface area contributed by atoms with Crippen molar-refractivity contribution in [3.63, 3.8) is 0 Å². The lowest BCUT2D eigenvalue weighted by atomic mass is 10.1. The van der Waals surface area contributed by atoms with Crippen molar-refractivity contribution in [2.75, 3.05) is 13.7 Å². The van der Waals surface area contributed by atoms with Crippen LogP contribution in [0.2, 0.25) is 0 Å². The molecule has 0 aromatic heterocycles. The van der Waals surface area contributed by atoms with E-state index in [4.69, 9.17) is 4.74 Å². The molecule has 9 nitrogen and oxygen atoms in total. The molecule has 2 aromatic rings. The summed E-state index contributed by atoms with van der Waals surface area (Å²) < 4.78 is 34.7. The second-order valence-corrected chi connectivity index (χ2v) is 10.8. The number of aromatic hydroxyl groups is 1. The number of fused-ring (bicyclic) bond motifs is 1. The Hall–Kier alpha value is -2.92. The number of amidine groups is 1. The lowest BCUT2D eigenvalue weighted by Gasteiger charge is -2.22. The van der Waals surface area contributed by atoms with Gasteiger partial charge < -0.3 is 15.2 Å². The number of carbonyl (C=O) groups is 1. The van der Waals surface area contributed by atoms with Gasteiger partial charge in [0.15, 0.2) is 5.84 Å².